The quantitative estimate of drug-likeness (QED) is 0.423. The number of allylic oxidation sites excluding steroid dienone is 3. The molecule has 3 aromatic rings. The Balaban J connectivity index is 0.00000210. The van der Waals surface area contributed by atoms with Gasteiger partial charge in [-0.2, -0.15) is 4.57 Å². The molecule has 1 aromatic heterocycles. The third-order valence-corrected chi connectivity index (χ3v) is 4.94. The van der Waals surface area contributed by atoms with Crippen LogP contribution in [-0.4, -0.2) is 7.05 Å². The Bertz CT molecular complexity index is 990. The fraction of sp³-hybridized carbons (Fsp3) is 0.125. The fourth-order valence-corrected chi connectivity index (χ4v) is 3.52. The molecule has 0 amide bonds. The lowest BCUT2D eigenvalue weighted by Crippen LogP contribution is -3.00. The second-order valence-corrected chi connectivity index (χ2v) is 6.69. The predicted octanol–water partition coefficient (Wildman–Crippen LogP) is 1.87. The third-order valence-electron chi connectivity index (χ3n) is 4.94. The van der Waals surface area contributed by atoms with Crippen molar-refractivity contribution in [1.82, 2.24) is 0 Å². The van der Waals surface area contributed by atoms with E-state index < -0.39 is 0 Å². The van der Waals surface area contributed by atoms with Gasteiger partial charge in [-0.1, -0.05) is 48.6 Å². The van der Waals surface area contributed by atoms with Crippen LogP contribution in [0.4, 0.5) is 5.69 Å². The molecule has 2 nitrogen and oxygen atoms in total. The first-order valence-corrected chi connectivity index (χ1v) is 8.99. The Morgan fingerprint density at radius 1 is 0.963 bits per heavy atom. The minimum absolute atomic E-state index is 0. The number of hydrogen-bond donors (Lipinski definition) is 0. The maximum absolute atomic E-state index is 2.28. The van der Waals surface area contributed by atoms with Gasteiger partial charge < -0.3 is 28.9 Å². The number of likely N-dealkylation sites (N-methyl/N-ethyl adjacent to an activating group) is 1. The topological polar surface area (TPSA) is 7.12 Å². The molecule has 0 fully saturated rings. The number of para-hydroxylation sites is 2. The van der Waals surface area contributed by atoms with Gasteiger partial charge in [0.25, 0.3) is 0 Å². The lowest BCUT2D eigenvalue weighted by atomic mass is 10.1. The fourth-order valence-electron chi connectivity index (χ4n) is 3.52. The Labute approximate surface area is 178 Å². The van der Waals surface area contributed by atoms with Crippen LogP contribution in [-0.2, 0) is 6.42 Å². The third kappa shape index (κ3) is 4.14. The van der Waals surface area contributed by atoms with E-state index >= 15 is 0 Å². The largest absolute Gasteiger partial charge is 1.00 e. The molecule has 1 aliphatic heterocycles. The molecule has 0 saturated carbocycles. The molecule has 2 heterocycles. The highest BCUT2D eigenvalue weighted by atomic mass is 127. The van der Waals surface area contributed by atoms with Crippen molar-refractivity contribution in [3.63, 3.8) is 0 Å². The van der Waals surface area contributed by atoms with Gasteiger partial charge in [-0.3, -0.25) is 0 Å². The number of aryl methyl sites for hydroxylation is 1. The van der Waals surface area contributed by atoms with Crippen LogP contribution in [0.1, 0.15) is 16.8 Å². The summed E-state index contributed by atoms with van der Waals surface area (Å²) in [4.78, 5) is 2.28. The van der Waals surface area contributed by atoms with Crippen LogP contribution < -0.4 is 33.4 Å². The van der Waals surface area contributed by atoms with Gasteiger partial charge >= 0.3 is 0 Å². The number of pyridine rings is 1. The number of aromatic nitrogens is 1. The van der Waals surface area contributed by atoms with E-state index in [1.54, 1.807) is 0 Å². The highest BCUT2D eigenvalue weighted by molar-refractivity contribution is 5.65. The summed E-state index contributed by atoms with van der Waals surface area (Å²) in [6, 6.07) is 23.4. The van der Waals surface area contributed by atoms with Crippen LogP contribution in [0.25, 0.3) is 11.8 Å². The van der Waals surface area contributed by atoms with Crippen molar-refractivity contribution in [3.8, 4) is 5.69 Å². The molecule has 0 bridgehead atoms. The summed E-state index contributed by atoms with van der Waals surface area (Å²) in [5.41, 5.74) is 7.66. The van der Waals surface area contributed by atoms with Gasteiger partial charge in [-0.15, -0.1) is 0 Å². The molecule has 0 unspecified atom stereocenters. The van der Waals surface area contributed by atoms with Gasteiger partial charge in [0, 0.05) is 56.0 Å². The first-order chi connectivity index (χ1) is 12.7. The molecule has 1 aliphatic rings. The van der Waals surface area contributed by atoms with Gasteiger partial charge in [-0.05, 0) is 23.3 Å². The molecule has 0 radical (unpaired) electrons. The van der Waals surface area contributed by atoms with Crippen molar-refractivity contribution in [1.29, 1.82) is 0 Å². The van der Waals surface area contributed by atoms with Crippen molar-refractivity contribution in [2.75, 3.05) is 11.9 Å². The highest BCUT2D eigenvalue weighted by Gasteiger charge is 2.19. The van der Waals surface area contributed by atoms with Crippen LogP contribution in [0.2, 0.25) is 0 Å². The first-order valence-electron chi connectivity index (χ1n) is 8.99. The summed E-state index contributed by atoms with van der Waals surface area (Å²) < 4.78 is 2.21. The zero-order valence-corrected chi connectivity index (χ0v) is 17.8. The maximum atomic E-state index is 2.28. The summed E-state index contributed by atoms with van der Waals surface area (Å²) in [7, 11) is 2.14. The minimum atomic E-state index is 0. The molecule has 136 valence electrons. The zero-order valence-electron chi connectivity index (χ0n) is 15.6. The Hall–Kier alpha value is -2.40. The smallest absolute Gasteiger partial charge is 0.210 e. The SMILES string of the molecule is Cc1cc(C=CC=C2Cc3ccccc3N2C)cc[n+]1-c1ccccc1.[I-]. The summed E-state index contributed by atoms with van der Waals surface area (Å²) in [5, 5.41) is 0. The number of fused-ring (bicyclic) bond motifs is 1. The molecule has 4 rings (SSSR count). The van der Waals surface area contributed by atoms with Crippen LogP contribution in [0.5, 0.6) is 0 Å². The van der Waals surface area contributed by atoms with Gasteiger partial charge in [0.2, 0.25) is 5.69 Å². The van der Waals surface area contributed by atoms with Gasteiger partial charge in [0.05, 0.1) is 0 Å². The van der Waals surface area contributed by atoms with E-state index in [4.69, 9.17) is 0 Å². The van der Waals surface area contributed by atoms with Gasteiger partial charge in [0.1, 0.15) is 0 Å². The number of rotatable bonds is 3. The average Bonchev–Trinajstić information content (AvgIpc) is 2.99. The van der Waals surface area contributed by atoms with E-state index in [2.05, 4.69) is 109 Å². The molecule has 0 aliphatic carbocycles. The van der Waals surface area contributed by atoms with E-state index in [0.717, 1.165) is 6.42 Å². The predicted molar refractivity (Wildman–Crippen MR) is 108 cm³/mol. The second-order valence-electron chi connectivity index (χ2n) is 6.69. The van der Waals surface area contributed by atoms with E-state index in [1.165, 1.54) is 33.9 Å². The monoisotopic (exact) mass is 466 g/mol. The molecule has 0 N–H and O–H groups in total. The maximum Gasteiger partial charge on any atom is 0.210 e. The summed E-state index contributed by atoms with van der Waals surface area (Å²) in [6.45, 7) is 2.14. The number of halogens is 1. The average molecular weight is 466 g/mol. The van der Waals surface area contributed by atoms with Crippen LogP contribution in [0, 0.1) is 6.92 Å². The van der Waals surface area contributed by atoms with E-state index in [1.807, 2.05) is 6.07 Å². The molecule has 3 heteroatoms. The number of anilines is 1. The number of nitrogens with zero attached hydrogens (tertiary/aromatic N) is 2. The summed E-state index contributed by atoms with van der Waals surface area (Å²) >= 11 is 0. The van der Waals surface area contributed by atoms with Crippen molar-refractivity contribution >= 4 is 11.8 Å². The Morgan fingerprint density at radius 2 is 1.70 bits per heavy atom. The normalized spacial score (nSPS) is 14.4. The first kappa shape index (κ1) is 19.4. The molecular formula is C24H23IN2. The Morgan fingerprint density at radius 3 is 2.44 bits per heavy atom. The van der Waals surface area contributed by atoms with E-state index in [-0.39, 0.29) is 24.0 Å². The molecule has 0 saturated heterocycles. The standard InChI is InChI=1S/C24H23N2.HI/c1-19-17-20(15-16-26(19)22-11-4-3-5-12-22)9-8-13-23-18-21-10-6-7-14-24(21)25(23)2;/h3-17H,18H2,1-2H3;1H/q+1;/p-1. The molecular weight excluding hydrogens is 443 g/mol. The van der Waals surface area contributed by atoms with Crippen LogP contribution in [0.3, 0.4) is 0 Å². The van der Waals surface area contributed by atoms with Crippen LogP contribution in [0.15, 0.2) is 90.8 Å². The van der Waals surface area contributed by atoms with Crippen LogP contribution >= 0.6 is 0 Å². The second kappa shape index (κ2) is 8.53. The molecule has 27 heavy (non-hydrogen) atoms. The Kier molecular flexibility index (Phi) is 6.11. The van der Waals surface area contributed by atoms with Gasteiger partial charge in [-0.25, -0.2) is 0 Å². The molecule has 0 spiro atoms. The lowest BCUT2D eigenvalue weighted by Gasteiger charge is -2.13. The zero-order chi connectivity index (χ0) is 17.9. The molecule has 0 atom stereocenters. The number of hydrogen-bond acceptors (Lipinski definition) is 1. The molecule has 2 aromatic carbocycles. The lowest BCUT2D eigenvalue weighted by molar-refractivity contribution is -0.602. The summed E-state index contributed by atoms with van der Waals surface area (Å²) in [5.74, 6) is 0. The highest BCUT2D eigenvalue weighted by Crippen LogP contribution is 2.32. The van der Waals surface area contributed by atoms with Gasteiger partial charge in [0.15, 0.2) is 11.9 Å². The van der Waals surface area contributed by atoms with Crippen molar-refractivity contribution in [2.45, 2.75) is 13.3 Å². The van der Waals surface area contributed by atoms with E-state index in [0.29, 0.717) is 0 Å². The van der Waals surface area contributed by atoms with E-state index in [9.17, 15) is 0 Å². The summed E-state index contributed by atoms with van der Waals surface area (Å²) in [6.07, 6.45) is 9.67. The van der Waals surface area contributed by atoms with Crippen molar-refractivity contribution in [2.24, 2.45) is 0 Å². The van der Waals surface area contributed by atoms with Crippen molar-refractivity contribution in [3.05, 3.63) is 108 Å². The van der Waals surface area contributed by atoms with Crippen molar-refractivity contribution < 1.29 is 28.5 Å². The minimum Gasteiger partial charge on any atom is -1.00 e. The number of benzene rings is 2.